The summed E-state index contributed by atoms with van der Waals surface area (Å²) >= 11 is 5.03. The number of rotatable bonds is 4. The number of aliphatic hydroxyl groups is 1. The minimum atomic E-state index is -0.507. The van der Waals surface area contributed by atoms with E-state index in [9.17, 15) is 5.11 Å². The molecule has 0 aliphatic carbocycles. The van der Waals surface area contributed by atoms with Crippen LogP contribution in [0.2, 0.25) is 0 Å². The molecule has 0 saturated carbocycles. The number of benzene rings is 1. The van der Waals surface area contributed by atoms with Crippen LogP contribution in [-0.4, -0.2) is 22.7 Å². The molecule has 2 aromatic rings. The van der Waals surface area contributed by atoms with E-state index in [4.69, 9.17) is 5.73 Å². The topological polar surface area (TPSA) is 59.1 Å². The van der Waals surface area contributed by atoms with Gasteiger partial charge in [0.25, 0.3) is 0 Å². The van der Waals surface area contributed by atoms with Gasteiger partial charge in [0.15, 0.2) is 0 Å². The molecule has 3 N–H and O–H groups in total. The SMILES string of the molecule is Cc1ccc(Br)cc1-c1csc(CC(O)CN)n1. The fourth-order valence-corrected chi connectivity index (χ4v) is 2.91. The fourth-order valence-electron chi connectivity index (χ4n) is 1.68. The second-order valence-corrected chi connectivity index (χ2v) is 6.04. The number of aryl methyl sites for hydroxylation is 1. The zero-order valence-electron chi connectivity index (χ0n) is 10.1. The Kier molecular flexibility index (Phi) is 4.50. The van der Waals surface area contributed by atoms with Gasteiger partial charge in [0.2, 0.25) is 0 Å². The molecule has 1 aromatic carbocycles. The molecule has 5 heteroatoms. The van der Waals surface area contributed by atoms with E-state index in [1.54, 1.807) is 11.3 Å². The van der Waals surface area contributed by atoms with Gasteiger partial charge in [-0.05, 0) is 24.6 Å². The van der Waals surface area contributed by atoms with Gasteiger partial charge in [-0.25, -0.2) is 4.98 Å². The van der Waals surface area contributed by atoms with Crippen LogP contribution in [0, 0.1) is 6.92 Å². The van der Waals surface area contributed by atoms with Crippen LogP contribution in [-0.2, 0) is 6.42 Å². The van der Waals surface area contributed by atoms with E-state index in [1.165, 1.54) is 5.56 Å². The second kappa shape index (κ2) is 5.93. The maximum absolute atomic E-state index is 9.52. The number of aromatic nitrogens is 1. The summed E-state index contributed by atoms with van der Waals surface area (Å²) < 4.78 is 1.04. The Bertz CT molecular complexity index is 542. The van der Waals surface area contributed by atoms with Gasteiger partial charge >= 0.3 is 0 Å². The van der Waals surface area contributed by atoms with Crippen molar-refractivity contribution in [1.29, 1.82) is 0 Å². The molecule has 1 heterocycles. The van der Waals surface area contributed by atoms with E-state index in [0.717, 1.165) is 20.7 Å². The lowest BCUT2D eigenvalue weighted by Crippen LogP contribution is -2.21. The van der Waals surface area contributed by atoms with Crippen LogP contribution in [0.1, 0.15) is 10.6 Å². The smallest absolute Gasteiger partial charge is 0.0958 e. The Balaban J connectivity index is 2.26. The van der Waals surface area contributed by atoms with Gasteiger partial charge in [-0.1, -0.05) is 22.0 Å². The van der Waals surface area contributed by atoms with Crippen molar-refractivity contribution in [2.75, 3.05) is 6.54 Å². The monoisotopic (exact) mass is 326 g/mol. The van der Waals surface area contributed by atoms with E-state index in [-0.39, 0.29) is 6.54 Å². The van der Waals surface area contributed by atoms with Crippen LogP contribution in [0.25, 0.3) is 11.3 Å². The molecule has 2 rings (SSSR count). The van der Waals surface area contributed by atoms with Crippen LogP contribution in [0.5, 0.6) is 0 Å². The molecule has 1 atom stereocenters. The molecule has 0 amide bonds. The summed E-state index contributed by atoms with van der Waals surface area (Å²) in [6, 6.07) is 6.14. The minimum Gasteiger partial charge on any atom is -0.391 e. The maximum Gasteiger partial charge on any atom is 0.0958 e. The molecule has 96 valence electrons. The molecular formula is C13H15BrN2OS. The first-order valence-corrected chi connectivity index (χ1v) is 7.36. The molecule has 0 spiro atoms. The van der Waals surface area contributed by atoms with Crippen molar-refractivity contribution in [3.05, 3.63) is 38.6 Å². The summed E-state index contributed by atoms with van der Waals surface area (Å²) in [5, 5.41) is 12.5. The average Bonchev–Trinajstić information content (AvgIpc) is 2.80. The Labute approximate surface area is 119 Å². The molecule has 3 nitrogen and oxygen atoms in total. The van der Waals surface area contributed by atoms with Gasteiger partial charge in [0.1, 0.15) is 0 Å². The first kappa shape index (κ1) is 13.7. The molecule has 1 aromatic heterocycles. The Morgan fingerprint density at radius 3 is 3.00 bits per heavy atom. The van der Waals surface area contributed by atoms with Crippen LogP contribution in [0.3, 0.4) is 0 Å². The zero-order valence-corrected chi connectivity index (χ0v) is 12.5. The lowest BCUT2D eigenvalue weighted by molar-refractivity contribution is 0.183. The zero-order chi connectivity index (χ0) is 13.1. The molecule has 0 saturated heterocycles. The Hall–Kier alpha value is -0.750. The van der Waals surface area contributed by atoms with Gasteiger partial charge in [-0.15, -0.1) is 11.3 Å². The summed E-state index contributed by atoms with van der Waals surface area (Å²) in [5.74, 6) is 0. The molecule has 0 aliphatic heterocycles. The van der Waals surface area contributed by atoms with Crippen LogP contribution < -0.4 is 5.73 Å². The van der Waals surface area contributed by atoms with Crippen molar-refractivity contribution in [3.8, 4) is 11.3 Å². The number of nitrogens with zero attached hydrogens (tertiary/aromatic N) is 1. The van der Waals surface area contributed by atoms with Crippen molar-refractivity contribution < 1.29 is 5.11 Å². The van der Waals surface area contributed by atoms with Crippen molar-refractivity contribution in [3.63, 3.8) is 0 Å². The normalized spacial score (nSPS) is 12.7. The highest BCUT2D eigenvalue weighted by Gasteiger charge is 2.10. The molecule has 0 fully saturated rings. The third-order valence-corrected chi connectivity index (χ3v) is 4.07. The lowest BCUT2D eigenvalue weighted by atomic mass is 10.1. The molecule has 0 aliphatic rings. The van der Waals surface area contributed by atoms with E-state index in [2.05, 4.69) is 40.0 Å². The minimum absolute atomic E-state index is 0.269. The number of aliphatic hydroxyl groups excluding tert-OH is 1. The number of thiazole rings is 1. The highest BCUT2D eigenvalue weighted by atomic mass is 79.9. The van der Waals surface area contributed by atoms with Gasteiger partial charge < -0.3 is 10.8 Å². The van der Waals surface area contributed by atoms with E-state index in [1.807, 2.05) is 11.4 Å². The first-order chi connectivity index (χ1) is 8.60. The highest BCUT2D eigenvalue weighted by molar-refractivity contribution is 9.10. The predicted octanol–water partition coefficient (Wildman–Crippen LogP) is 2.74. The first-order valence-electron chi connectivity index (χ1n) is 5.69. The summed E-state index contributed by atoms with van der Waals surface area (Å²) in [6.07, 6.45) is 0.0152. The second-order valence-electron chi connectivity index (χ2n) is 4.18. The molecule has 0 bridgehead atoms. The predicted molar refractivity (Wildman–Crippen MR) is 78.8 cm³/mol. The van der Waals surface area contributed by atoms with E-state index in [0.29, 0.717) is 6.42 Å². The Morgan fingerprint density at radius 2 is 2.28 bits per heavy atom. The van der Waals surface area contributed by atoms with Gasteiger partial charge in [-0.3, -0.25) is 0 Å². The molecule has 0 radical (unpaired) electrons. The third-order valence-electron chi connectivity index (χ3n) is 2.71. The van der Waals surface area contributed by atoms with Crippen molar-refractivity contribution in [2.24, 2.45) is 5.73 Å². The quantitative estimate of drug-likeness (QED) is 0.908. The number of hydrogen-bond donors (Lipinski definition) is 2. The van der Waals surface area contributed by atoms with Gasteiger partial charge in [0, 0.05) is 28.4 Å². The van der Waals surface area contributed by atoms with E-state index >= 15 is 0 Å². The fraction of sp³-hybridized carbons (Fsp3) is 0.308. The molecule has 18 heavy (non-hydrogen) atoms. The lowest BCUT2D eigenvalue weighted by Gasteiger charge is -2.04. The number of halogens is 1. The van der Waals surface area contributed by atoms with Crippen molar-refractivity contribution in [2.45, 2.75) is 19.4 Å². The Morgan fingerprint density at radius 1 is 1.50 bits per heavy atom. The van der Waals surface area contributed by atoms with Crippen LogP contribution in [0.15, 0.2) is 28.1 Å². The maximum atomic E-state index is 9.52. The number of hydrogen-bond acceptors (Lipinski definition) is 4. The summed E-state index contributed by atoms with van der Waals surface area (Å²) in [7, 11) is 0. The molecular weight excluding hydrogens is 312 g/mol. The van der Waals surface area contributed by atoms with Crippen LogP contribution in [0.4, 0.5) is 0 Å². The number of nitrogens with two attached hydrogens (primary N) is 1. The summed E-state index contributed by atoms with van der Waals surface area (Å²) in [5.41, 5.74) is 8.67. The largest absolute Gasteiger partial charge is 0.391 e. The van der Waals surface area contributed by atoms with E-state index < -0.39 is 6.10 Å². The highest BCUT2D eigenvalue weighted by Crippen LogP contribution is 2.28. The van der Waals surface area contributed by atoms with Crippen LogP contribution >= 0.6 is 27.3 Å². The van der Waals surface area contributed by atoms with Gasteiger partial charge in [0.05, 0.1) is 16.8 Å². The standard InChI is InChI=1S/C13H15BrN2OS/c1-8-2-3-9(14)4-11(8)12-7-18-13(16-12)5-10(17)6-15/h2-4,7,10,17H,5-6,15H2,1H3. The summed E-state index contributed by atoms with van der Waals surface area (Å²) in [4.78, 5) is 4.55. The van der Waals surface area contributed by atoms with Crippen molar-refractivity contribution >= 4 is 27.3 Å². The average molecular weight is 327 g/mol. The summed E-state index contributed by atoms with van der Waals surface area (Å²) in [6.45, 7) is 2.33. The van der Waals surface area contributed by atoms with Crippen molar-refractivity contribution in [1.82, 2.24) is 4.98 Å². The van der Waals surface area contributed by atoms with Gasteiger partial charge in [-0.2, -0.15) is 0 Å². The molecule has 1 unspecified atom stereocenters. The third kappa shape index (κ3) is 3.17.